The molecule has 2 rings (SSSR count). The summed E-state index contributed by atoms with van der Waals surface area (Å²) in [7, 11) is 0. The SMILES string of the molecule is CCCNc1nc(CC2CCCO2)nc(CC(C)C)c1I. The maximum atomic E-state index is 5.73. The first-order valence-electron chi connectivity index (χ1n) is 8.00. The predicted octanol–water partition coefficient (Wildman–Crippen LogP) is 3.82. The molecule has 0 saturated carbocycles. The molecule has 5 heteroatoms. The number of hydrogen-bond donors (Lipinski definition) is 1. The topological polar surface area (TPSA) is 47.0 Å². The van der Waals surface area contributed by atoms with Crippen LogP contribution in [0.25, 0.3) is 0 Å². The third kappa shape index (κ3) is 5.06. The smallest absolute Gasteiger partial charge is 0.143 e. The molecule has 1 atom stereocenters. The molecule has 1 aromatic rings. The Morgan fingerprint density at radius 1 is 1.38 bits per heavy atom. The van der Waals surface area contributed by atoms with Crippen molar-refractivity contribution in [2.45, 2.75) is 59.0 Å². The molecule has 0 radical (unpaired) electrons. The summed E-state index contributed by atoms with van der Waals surface area (Å²) in [5.41, 5.74) is 1.17. The number of halogens is 1. The Balaban J connectivity index is 2.21. The van der Waals surface area contributed by atoms with Gasteiger partial charge in [-0.25, -0.2) is 9.97 Å². The van der Waals surface area contributed by atoms with Crippen molar-refractivity contribution in [3.63, 3.8) is 0 Å². The highest BCUT2D eigenvalue weighted by molar-refractivity contribution is 14.1. The summed E-state index contributed by atoms with van der Waals surface area (Å²) in [5, 5.41) is 3.44. The summed E-state index contributed by atoms with van der Waals surface area (Å²) < 4.78 is 6.90. The average Bonchev–Trinajstić information content (AvgIpc) is 2.93. The van der Waals surface area contributed by atoms with Gasteiger partial charge in [-0.15, -0.1) is 0 Å². The second kappa shape index (κ2) is 8.27. The Bertz CT molecular complexity index is 459. The summed E-state index contributed by atoms with van der Waals surface area (Å²) in [6.07, 6.45) is 5.53. The van der Waals surface area contributed by atoms with E-state index in [9.17, 15) is 0 Å². The number of rotatable bonds is 7. The van der Waals surface area contributed by atoms with Crippen LogP contribution in [-0.2, 0) is 17.6 Å². The van der Waals surface area contributed by atoms with E-state index in [1.54, 1.807) is 0 Å². The van der Waals surface area contributed by atoms with Crippen molar-refractivity contribution < 1.29 is 4.74 Å². The molecule has 1 aromatic heterocycles. The fourth-order valence-electron chi connectivity index (χ4n) is 2.53. The van der Waals surface area contributed by atoms with Gasteiger partial charge in [-0.1, -0.05) is 20.8 Å². The molecule has 1 unspecified atom stereocenters. The van der Waals surface area contributed by atoms with Gasteiger partial charge in [0.2, 0.25) is 0 Å². The van der Waals surface area contributed by atoms with Crippen molar-refractivity contribution in [2.24, 2.45) is 5.92 Å². The predicted molar refractivity (Wildman–Crippen MR) is 94.7 cm³/mol. The van der Waals surface area contributed by atoms with Crippen LogP contribution < -0.4 is 5.32 Å². The molecular weight excluding hydrogens is 377 g/mol. The van der Waals surface area contributed by atoms with Crippen LogP contribution >= 0.6 is 22.6 Å². The third-order valence-corrected chi connectivity index (χ3v) is 4.68. The molecule has 118 valence electrons. The Labute approximate surface area is 141 Å². The molecule has 4 nitrogen and oxygen atoms in total. The molecule has 1 aliphatic rings. The van der Waals surface area contributed by atoms with E-state index in [2.05, 4.69) is 48.7 Å². The van der Waals surface area contributed by atoms with Gasteiger partial charge in [0.1, 0.15) is 11.6 Å². The van der Waals surface area contributed by atoms with E-state index >= 15 is 0 Å². The van der Waals surface area contributed by atoms with Gasteiger partial charge in [0.25, 0.3) is 0 Å². The molecule has 0 aliphatic carbocycles. The summed E-state index contributed by atoms with van der Waals surface area (Å²) in [5.74, 6) is 2.52. The zero-order valence-corrected chi connectivity index (χ0v) is 15.4. The first-order valence-corrected chi connectivity index (χ1v) is 9.08. The van der Waals surface area contributed by atoms with Crippen LogP contribution in [0.15, 0.2) is 0 Å². The highest BCUT2D eigenvalue weighted by atomic mass is 127. The first kappa shape index (κ1) is 16.9. The molecular formula is C16H26IN3O. The maximum Gasteiger partial charge on any atom is 0.143 e. The molecule has 1 N–H and O–H groups in total. The zero-order chi connectivity index (χ0) is 15.2. The van der Waals surface area contributed by atoms with Crippen LogP contribution in [0.1, 0.15) is 51.6 Å². The Kier molecular flexibility index (Phi) is 6.67. The highest BCUT2D eigenvalue weighted by Crippen LogP contribution is 2.23. The number of aromatic nitrogens is 2. The van der Waals surface area contributed by atoms with Crippen LogP contribution in [0.3, 0.4) is 0 Å². The van der Waals surface area contributed by atoms with Crippen molar-refractivity contribution in [3.8, 4) is 0 Å². The van der Waals surface area contributed by atoms with E-state index in [1.165, 1.54) is 9.26 Å². The molecule has 1 aliphatic heterocycles. The van der Waals surface area contributed by atoms with E-state index < -0.39 is 0 Å². The van der Waals surface area contributed by atoms with Crippen molar-refractivity contribution in [2.75, 3.05) is 18.5 Å². The Morgan fingerprint density at radius 2 is 2.19 bits per heavy atom. The number of nitrogens with zero attached hydrogens (tertiary/aromatic N) is 2. The lowest BCUT2D eigenvalue weighted by molar-refractivity contribution is 0.110. The van der Waals surface area contributed by atoms with Crippen LogP contribution in [0.5, 0.6) is 0 Å². The van der Waals surface area contributed by atoms with Crippen molar-refractivity contribution in [1.82, 2.24) is 9.97 Å². The fraction of sp³-hybridized carbons (Fsp3) is 0.750. The van der Waals surface area contributed by atoms with Crippen LogP contribution in [0.2, 0.25) is 0 Å². The summed E-state index contributed by atoms with van der Waals surface area (Å²) in [4.78, 5) is 9.54. The first-order chi connectivity index (χ1) is 10.1. The van der Waals surface area contributed by atoms with Gasteiger partial charge in [0.15, 0.2) is 0 Å². The molecule has 21 heavy (non-hydrogen) atoms. The number of anilines is 1. The van der Waals surface area contributed by atoms with E-state index in [4.69, 9.17) is 14.7 Å². The molecule has 1 saturated heterocycles. The lowest BCUT2D eigenvalue weighted by Crippen LogP contribution is -2.16. The van der Waals surface area contributed by atoms with E-state index in [0.717, 1.165) is 56.9 Å². The normalized spacial score (nSPS) is 18.4. The van der Waals surface area contributed by atoms with E-state index in [1.807, 2.05) is 0 Å². The van der Waals surface area contributed by atoms with E-state index in [-0.39, 0.29) is 0 Å². The molecule has 0 spiro atoms. The van der Waals surface area contributed by atoms with Gasteiger partial charge in [-0.2, -0.15) is 0 Å². The lowest BCUT2D eigenvalue weighted by Gasteiger charge is -2.15. The summed E-state index contributed by atoms with van der Waals surface area (Å²) >= 11 is 2.38. The van der Waals surface area contributed by atoms with E-state index in [0.29, 0.717) is 12.0 Å². The third-order valence-electron chi connectivity index (χ3n) is 3.54. The quantitative estimate of drug-likeness (QED) is 0.704. The second-order valence-electron chi connectivity index (χ2n) is 6.11. The number of nitrogens with one attached hydrogen (secondary N) is 1. The standard InChI is InChI=1S/C16H26IN3O/c1-4-7-18-16-15(17)13(9-11(2)3)19-14(20-16)10-12-6-5-8-21-12/h11-12H,4-10H2,1-3H3,(H,18,19,20). The van der Waals surface area contributed by atoms with Gasteiger partial charge in [-0.05, 0) is 54.2 Å². The van der Waals surface area contributed by atoms with Gasteiger partial charge < -0.3 is 10.1 Å². The largest absolute Gasteiger partial charge is 0.378 e. The lowest BCUT2D eigenvalue weighted by atomic mass is 10.1. The monoisotopic (exact) mass is 403 g/mol. The Hall–Kier alpha value is -0.430. The molecule has 0 aromatic carbocycles. The minimum Gasteiger partial charge on any atom is -0.378 e. The van der Waals surface area contributed by atoms with Crippen molar-refractivity contribution >= 4 is 28.4 Å². The van der Waals surface area contributed by atoms with Gasteiger partial charge in [0, 0.05) is 19.6 Å². The van der Waals surface area contributed by atoms with Gasteiger partial charge in [0.05, 0.1) is 15.4 Å². The number of hydrogen-bond acceptors (Lipinski definition) is 4. The highest BCUT2D eigenvalue weighted by Gasteiger charge is 2.20. The van der Waals surface area contributed by atoms with Gasteiger partial charge in [-0.3, -0.25) is 0 Å². The average molecular weight is 403 g/mol. The molecule has 0 bridgehead atoms. The van der Waals surface area contributed by atoms with Crippen molar-refractivity contribution in [1.29, 1.82) is 0 Å². The minimum atomic E-state index is 0.302. The molecule has 2 heterocycles. The summed E-state index contributed by atoms with van der Waals surface area (Å²) in [6, 6.07) is 0. The van der Waals surface area contributed by atoms with Crippen LogP contribution in [-0.4, -0.2) is 29.2 Å². The minimum absolute atomic E-state index is 0.302. The van der Waals surface area contributed by atoms with Gasteiger partial charge >= 0.3 is 0 Å². The van der Waals surface area contributed by atoms with Crippen LogP contribution in [0, 0.1) is 9.49 Å². The van der Waals surface area contributed by atoms with Crippen molar-refractivity contribution in [3.05, 3.63) is 15.1 Å². The summed E-state index contributed by atoms with van der Waals surface area (Å²) in [6.45, 7) is 8.47. The molecule has 1 fully saturated rings. The fourth-order valence-corrected chi connectivity index (χ4v) is 3.18. The number of ether oxygens (including phenoxy) is 1. The Morgan fingerprint density at radius 3 is 2.81 bits per heavy atom. The van der Waals surface area contributed by atoms with Crippen LogP contribution in [0.4, 0.5) is 5.82 Å². The second-order valence-corrected chi connectivity index (χ2v) is 7.19. The molecule has 0 amide bonds. The zero-order valence-electron chi connectivity index (χ0n) is 13.3. The maximum absolute atomic E-state index is 5.73.